The minimum absolute atomic E-state index is 0.0454. The molecular formula is C12H22N2O4. The third-order valence-electron chi connectivity index (χ3n) is 3.41. The zero-order valence-corrected chi connectivity index (χ0v) is 11.0. The number of carboxylic acid groups (broad SMARTS) is 1. The Balaban J connectivity index is 2.43. The first-order chi connectivity index (χ1) is 8.51. The fourth-order valence-corrected chi connectivity index (χ4v) is 2.08. The molecule has 0 aromatic rings. The van der Waals surface area contributed by atoms with E-state index >= 15 is 0 Å². The van der Waals surface area contributed by atoms with Crippen LogP contribution in [0.1, 0.15) is 20.3 Å². The van der Waals surface area contributed by atoms with Gasteiger partial charge in [0.25, 0.3) is 0 Å². The molecule has 0 spiro atoms. The van der Waals surface area contributed by atoms with E-state index in [4.69, 9.17) is 10.2 Å². The van der Waals surface area contributed by atoms with Crippen LogP contribution in [0.3, 0.4) is 0 Å². The van der Waals surface area contributed by atoms with Gasteiger partial charge in [-0.05, 0) is 6.42 Å². The number of aliphatic hydroxyl groups excluding tert-OH is 1. The SMILES string of the molecule is CCCN(CCO)C(=O)N1CC(C(C)C(=O)O)C1. The van der Waals surface area contributed by atoms with E-state index in [0.29, 0.717) is 26.2 Å². The van der Waals surface area contributed by atoms with Crippen LogP contribution in [0.4, 0.5) is 4.79 Å². The van der Waals surface area contributed by atoms with Gasteiger partial charge in [-0.25, -0.2) is 4.79 Å². The summed E-state index contributed by atoms with van der Waals surface area (Å²) in [6, 6.07) is -0.0975. The van der Waals surface area contributed by atoms with Crippen molar-refractivity contribution < 1.29 is 19.8 Å². The van der Waals surface area contributed by atoms with Gasteiger partial charge in [0.05, 0.1) is 12.5 Å². The summed E-state index contributed by atoms with van der Waals surface area (Å²) in [4.78, 5) is 26.1. The number of urea groups is 1. The summed E-state index contributed by atoms with van der Waals surface area (Å²) in [6.45, 7) is 5.55. The van der Waals surface area contributed by atoms with Crippen molar-refractivity contribution in [3.63, 3.8) is 0 Å². The first-order valence-electron chi connectivity index (χ1n) is 6.38. The largest absolute Gasteiger partial charge is 0.481 e. The van der Waals surface area contributed by atoms with Crippen LogP contribution in [0.25, 0.3) is 0 Å². The molecule has 1 fully saturated rings. The van der Waals surface area contributed by atoms with Crippen LogP contribution in [-0.2, 0) is 4.79 Å². The molecule has 0 aliphatic carbocycles. The van der Waals surface area contributed by atoms with Gasteiger partial charge in [-0.15, -0.1) is 0 Å². The van der Waals surface area contributed by atoms with E-state index in [1.54, 1.807) is 16.7 Å². The average Bonchev–Trinajstić information content (AvgIpc) is 2.26. The predicted octanol–water partition coefficient (Wildman–Crippen LogP) is 0.463. The quantitative estimate of drug-likeness (QED) is 0.725. The fraction of sp³-hybridized carbons (Fsp3) is 0.833. The van der Waals surface area contributed by atoms with Gasteiger partial charge in [0, 0.05) is 32.1 Å². The number of rotatable bonds is 6. The molecule has 6 nitrogen and oxygen atoms in total. The Labute approximate surface area is 107 Å². The van der Waals surface area contributed by atoms with Gasteiger partial charge < -0.3 is 20.0 Å². The normalized spacial score (nSPS) is 17.2. The highest BCUT2D eigenvalue weighted by Crippen LogP contribution is 2.25. The van der Waals surface area contributed by atoms with E-state index in [1.165, 1.54) is 0 Å². The molecule has 6 heteroatoms. The Hall–Kier alpha value is -1.30. The third-order valence-corrected chi connectivity index (χ3v) is 3.41. The van der Waals surface area contributed by atoms with E-state index in [-0.39, 0.29) is 18.6 Å². The van der Waals surface area contributed by atoms with E-state index in [2.05, 4.69) is 0 Å². The molecule has 104 valence electrons. The van der Waals surface area contributed by atoms with Crippen LogP contribution in [0.2, 0.25) is 0 Å². The van der Waals surface area contributed by atoms with Crippen LogP contribution in [0, 0.1) is 11.8 Å². The summed E-state index contributed by atoms with van der Waals surface area (Å²) >= 11 is 0. The Kier molecular flexibility index (Phi) is 5.40. The number of aliphatic carboxylic acids is 1. The maximum absolute atomic E-state index is 12.0. The molecule has 2 N–H and O–H groups in total. The van der Waals surface area contributed by atoms with Gasteiger partial charge in [-0.1, -0.05) is 13.8 Å². The zero-order chi connectivity index (χ0) is 13.7. The molecule has 1 aliphatic heterocycles. The lowest BCUT2D eigenvalue weighted by atomic mass is 9.87. The lowest BCUT2D eigenvalue weighted by molar-refractivity contribution is -0.144. The minimum Gasteiger partial charge on any atom is -0.481 e. The Morgan fingerprint density at radius 1 is 1.39 bits per heavy atom. The highest BCUT2D eigenvalue weighted by molar-refractivity contribution is 5.76. The predicted molar refractivity (Wildman–Crippen MR) is 66.2 cm³/mol. The second-order valence-electron chi connectivity index (χ2n) is 4.79. The third kappa shape index (κ3) is 3.35. The molecule has 1 rings (SSSR count). The van der Waals surface area contributed by atoms with Gasteiger partial charge in [0.15, 0.2) is 0 Å². The molecule has 0 aromatic heterocycles. The van der Waals surface area contributed by atoms with Crippen molar-refractivity contribution in [2.75, 3.05) is 32.8 Å². The van der Waals surface area contributed by atoms with Crippen molar-refractivity contribution in [1.29, 1.82) is 0 Å². The molecule has 1 atom stereocenters. The summed E-state index contributed by atoms with van der Waals surface area (Å²) < 4.78 is 0. The fourth-order valence-electron chi connectivity index (χ4n) is 2.08. The first kappa shape index (κ1) is 14.8. The molecule has 1 saturated heterocycles. The Morgan fingerprint density at radius 2 is 2.00 bits per heavy atom. The summed E-state index contributed by atoms with van der Waals surface area (Å²) in [5.41, 5.74) is 0. The van der Waals surface area contributed by atoms with Crippen molar-refractivity contribution in [1.82, 2.24) is 9.80 Å². The number of hydrogen-bond acceptors (Lipinski definition) is 3. The first-order valence-corrected chi connectivity index (χ1v) is 6.38. The van der Waals surface area contributed by atoms with E-state index in [9.17, 15) is 9.59 Å². The smallest absolute Gasteiger partial charge is 0.320 e. The maximum atomic E-state index is 12.0. The molecular weight excluding hydrogens is 236 g/mol. The van der Waals surface area contributed by atoms with Crippen LogP contribution < -0.4 is 0 Å². The number of aliphatic hydroxyl groups is 1. The summed E-state index contributed by atoms with van der Waals surface area (Å²) in [6.07, 6.45) is 0.842. The number of nitrogens with zero attached hydrogens (tertiary/aromatic N) is 2. The number of likely N-dealkylation sites (tertiary alicyclic amines) is 1. The van der Waals surface area contributed by atoms with Gasteiger partial charge in [0.1, 0.15) is 0 Å². The highest BCUT2D eigenvalue weighted by Gasteiger charge is 2.38. The van der Waals surface area contributed by atoms with Crippen LogP contribution in [0.5, 0.6) is 0 Å². The number of carboxylic acids is 1. The monoisotopic (exact) mass is 258 g/mol. The molecule has 1 heterocycles. The van der Waals surface area contributed by atoms with Crippen molar-refractivity contribution in [2.24, 2.45) is 11.8 Å². The molecule has 1 aliphatic rings. The maximum Gasteiger partial charge on any atom is 0.320 e. The number of hydrogen-bond donors (Lipinski definition) is 2. The summed E-state index contributed by atoms with van der Waals surface area (Å²) in [5, 5.41) is 17.8. The highest BCUT2D eigenvalue weighted by atomic mass is 16.4. The van der Waals surface area contributed by atoms with Crippen LogP contribution in [0.15, 0.2) is 0 Å². The van der Waals surface area contributed by atoms with Crippen molar-refractivity contribution in [2.45, 2.75) is 20.3 Å². The molecule has 0 radical (unpaired) electrons. The van der Waals surface area contributed by atoms with Crippen LogP contribution in [-0.4, -0.2) is 64.8 Å². The van der Waals surface area contributed by atoms with Crippen molar-refractivity contribution in [3.8, 4) is 0 Å². The standard InChI is InChI=1S/C12H22N2O4/c1-3-4-13(5-6-15)12(18)14-7-10(8-14)9(2)11(16)17/h9-10,15H,3-8H2,1-2H3,(H,16,17). The van der Waals surface area contributed by atoms with Gasteiger partial charge >= 0.3 is 12.0 Å². The van der Waals surface area contributed by atoms with Gasteiger partial charge in [-0.3, -0.25) is 4.79 Å². The summed E-state index contributed by atoms with van der Waals surface area (Å²) in [5.74, 6) is -1.18. The number of carbonyl (C=O) groups is 2. The van der Waals surface area contributed by atoms with E-state index in [0.717, 1.165) is 6.42 Å². The van der Waals surface area contributed by atoms with E-state index in [1.807, 2.05) is 6.92 Å². The molecule has 2 amide bonds. The van der Waals surface area contributed by atoms with Gasteiger partial charge in [-0.2, -0.15) is 0 Å². The number of carbonyl (C=O) groups excluding carboxylic acids is 1. The molecule has 0 saturated carbocycles. The minimum atomic E-state index is -0.812. The molecule has 1 unspecified atom stereocenters. The average molecular weight is 258 g/mol. The van der Waals surface area contributed by atoms with E-state index < -0.39 is 11.9 Å². The lowest BCUT2D eigenvalue weighted by Crippen LogP contribution is -2.57. The van der Waals surface area contributed by atoms with Crippen molar-refractivity contribution in [3.05, 3.63) is 0 Å². The van der Waals surface area contributed by atoms with Crippen molar-refractivity contribution >= 4 is 12.0 Å². The van der Waals surface area contributed by atoms with Crippen LogP contribution >= 0.6 is 0 Å². The molecule has 18 heavy (non-hydrogen) atoms. The zero-order valence-electron chi connectivity index (χ0n) is 11.0. The second-order valence-corrected chi connectivity index (χ2v) is 4.79. The Bertz CT molecular complexity index is 296. The molecule has 0 bridgehead atoms. The topological polar surface area (TPSA) is 81.1 Å². The second kappa shape index (κ2) is 6.58. The molecule has 0 aromatic carbocycles. The Morgan fingerprint density at radius 3 is 2.44 bits per heavy atom. The van der Waals surface area contributed by atoms with Gasteiger partial charge in [0.2, 0.25) is 0 Å². The number of amides is 2. The summed E-state index contributed by atoms with van der Waals surface area (Å²) in [7, 11) is 0. The lowest BCUT2D eigenvalue weighted by Gasteiger charge is -2.43.